The summed E-state index contributed by atoms with van der Waals surface area (Å²) in [6, 6.07) is 4.20. The van der Waals surface area contributed by atoms with Crippen LogP contribution < -0.4 is 5.32 Å². The van der Waals surface area contributed by atoms with E-state index in [2.05, 4.69) is 5.32 Å². The zero-order valence-electron chi connectivity index (χ0n) is 8.31. The first-order valence-corrected chi connectivity index (χ1v) is 5.77. The van der Waals surface area contributed by atoms with E-state index in [0.717, 1.165) is 5.56 Å². The molecule has 15 heavy (non-hydrogen) atoms. The summed E-state index contributed by atoms with van der Waals surface area (Å²) in [5.74, 6) is 0. The smallest absolute Gasteiger partial charge is 0.306 e. The number of hydrogen-bond acceptors (Lipinski definition) is 3. The number of benzene rings is 1. The molecule has 0 saturated heterocycles. The third-order valence-electron chi connectivity index (χ3n) is 2.30. The van der Waals surface area contributed by atoms with Crippen LogP contribution in [-0.2, 0) is 10.0 Å². The summed E-state index contributed by atoms with van der Waals surface area (Å²) in [6.07, 6.45) is 0. The molecule has 1 aromatic carbocycles. The highest BCUT2D eigenvalue weighted by atomic mass is 32.2. The Morgan fingerprint density at radius 1 is 1.33 bits per heavy atom. The lowest BCUT2D eigenvalue weighted by Crippen LogP contribution is -2.41. The monoisotopic (exact) mass is 226 g/mol. The second kappa shape index (κ2) is 2.96. The van der Waals surface area contributed by atoms with Gasteiger partial charge in [-0.2, -0.15) is 0 Å². The summed E-state index contributed by atoms with van der Waals surface area (Å²) in [5.41, 5.74) is 1.24. The summed E-state index contributed by atoms with van der Waals surface area (Å²) in [4.78, 5) is 11.5. The molecule has 1 heterocycles. The van der Waals surface area contributed by atoms with Crippen molar-refractivity contribution >= 4 is 21.7 Å². The van der Waals surface area contributed by atoms with Crippen molar-refractivity contribution < 1.29 is 13.2 Å². The van der Waals surface area contributed by atoms with Gasteiger partial charge in [-0.05, 0) is 24.6 Å². The highest BCUT2D eigenvalue weighted by molar-refractivity contribution is 7.90. The van der Waals surface area contributed by atoms with Crippen molar-refractivity contribution in [3.05, 3.63) is 23.8 Å². The van der Waals surface area contributed by atoms with Crippen LogP contribution in [-0.4, -0.2) is 25.8 Å². The van der Waals surface area contributed by atoms with E-state index in [4.69, 9.17) is 0 Å². The average molecular weight is 226 g/mol. The lowest BCUT2D eigenvalue weighted by molar-refractivity contribution is 0.240. The molecule has 0 unspecified atom stereocenters. The fourth-order valence-electron chi connectivity index (χ4n) is 1.42. The second-order valence-corrected chi connectivity index (χ2v) is 5.34. The van der Waals surface area contributed by atoms with E-state index in [9.17, 15) is 13.2 Å². The average Bonchev–Trinajstić information content (AvgIpc) is 2.14. The molecule has 0 spiro atoms. The molecule has 1 aliphatic heterocycles. The van der Waals surface area contributed by atoms with Gasteiger partial charge in [0.15, 0.2) is 0 Å². The molecule has 2 rings (SSSR count). The van der Waals surface area contributed by atoms with Crippen molar-refractivity contribution in [3.8, 4) is 0 Å². The Kier molecular flexibility index (Phi) is 1.97. The van der Waals surface area contributed by atoms with E-state index < -0.39 is 16.1 Å². The number of anilines is 1. The normalized spacial score (nSPS) is 18.3. The van der Waals surface area contributed by atoms with Crippen LogP contribution in [0.25, 0.3) is 0 Å². The summed E-state index contributed by atoms with van der Waals surface area (Å²) in [5, 5.41) is 2.51. The molecule has 0 saturated carbocycles. The van der Waals surface area contributed by atoms with Crippen LogP contribution >= 0.6 is 0 Å². The summed E-state index contributed by atoms with van der Waals surface area (Å²) < 4.78 is 24.3. The van der Waals surface area contributed by atoms with Crippen molar-refractivity contribution in [2.45, 2.75) is 11.8 Å². The van der Waals surface area contributed by atoms with Crippen molar-refractivity contribution in [1.29, 1.82) is 0 Å². The van der Waals surface area contributed by atoms with Crippen molar-refractivity contribution in [1.82, 2.24) is 4.31 Å². The maximum atomic E-state index is 11.8. The van der Waals surface area contributed by atoms with Gasteiger partial charge in [-0.25, -0.2) is 17.5 Å². The number of sulfonamides is 1. The number of nitrogens with zero attached hydrogens (tertiary/aromatic N) is 1. The largest absolute Gasteiger partial charge is 0.335 e. The molecule has 2 amide bonds. The first-order chi connectivity index (χ1) is 6.93. The van der Waals surface area contributed by atoms with Crippen LogP contribution in [0.15, 0.2) is 23.1 Å². The standard InChI is InChI=1S/C9H10N2O3S/c1-6-3-4-8-7(5-6)10-9(12)11(2)15(8,13)14/h3-5H,1-2H3,(H,10,12). The summed E-state index contributed by atoms with van der Waals surface area (Å²) >= 11 is 0. The number of carbonyl (C=O) groups excluding carboxylic acids is 1. The van der Waals surface area contributed by atoms with E-state index in [-0.39, 0.29) is 4.90 Å². The molecule has 0 bridgehead atoms. The lowest BCUT2D eigenvalue weighted by Gasteiger charge is -2.25. The maximum Gasteiger partial charge on any atom is 0.335 e. The van der Waals surface area contributed by atoms with Gasteiger partial charge in [-0.3, -0.25) is 0 Å². The minimum atomic E-state index is -3.67. The SMILES string of the molecule is Cc1ccc2c(c1)NC(=O)N(C)S2(=O)=O. The molecule has 0 radical (unpaired) electrons. The Hall–Kier alpha value is -1.56. The Bertz CT molecular complexity index is 536. The van der Waals surface area contributed by atoms with E-state index in [1.54, 1.807) is 12.1 Å². The molecule has 0 fully saturated rings. The minimum absolute atomic E-state index is 0.134. The number of urea groups is 1. The maximum absolute atomic E-state index is 11.8. The van der Waals surface area contributed by atoms with E-state index in [1.807, 2.05) is 6.92 Å². The molecule has 1 N–H and O–H groups in total. The third kappa shape index (κ3) is 1.37. The molecular formula is C9H10N2O3S. The van der Waals surface area contributed by atoms with Gasteiger partial charge in [0.25, 0.3) is 10.0 Å². The highest BCUT2D eigenvalue weighted by Gasteiger charge is 2.33. The summed E-state index contributed by atoms with van der Waals surface area (Å²) in [7, 11) is -2.44. The zero-order valence-corrected chi connectivity index (χ0v) is 9.13. The Morgan fingerprint density at radius 2 is 2.00 bits per heavy atom. The zero-order chi connectivity index (χ0) is 11.2. The van der Waals surface area contributed by atoms with Crippen molar-refractivity contribution in [2.75, 3.05) is 12.4 Å². The summed E-state index contributed by atoms with van der Waals surface area (Å²) in [6.45, 7) is 1.83. The first kappa shape index (κ1) is 9.97. The number of amides is 2. The number of carbonyl (C=O) groups is 1. The van der Waals surface area contributed by atoms with Gasteiger partial charge in [0.1, 0.15) is 4.90 Å². The van der Waals surface area contributed by atoms with Gasteiger partial charge in [-0.1, -0.05) is 6.07 Å². The van der Waals surface area contributed by atoms with E-state index in [0.29, 0.717) is 9.99 Å². The predicted octanol–water partition coefficient (Wildman–Crippen LogP) is 1.16. The van der Waals surface area contributed by atoms with Gasteiger partial charge in [0.05, 0.1) is 5.69 Å². The van der Waals surface area contributed by atoms with Crippen LogP contribution in [0.5, 0.6) is 0 Å². The van der Waals surface area contributed by atoms with Crippen LogP contribution in [0.2, 0.25) is 0 Å². The van der Waals surface area contributed by atoms with Crippen LogP contribution in [0.3, 0.4) is 0 Å². The topological polar surface area (TPSA) is 66.5 Å². The van der Waals surface area contributed by atoms with Gasteiger partial charge in [0.2, 0.25) is 0 Å². The third-order valence-corrected chi connectivity index (χ3v) is 4.10. The highest BCUT2D eigenvalue weighted by Crippen LogP contribution is 2.29. The van der Waals surface area contributed by atoms with Crippen molar-refractivity contribution in [3.63, 3.8) is 0 Å². The number of aryl methyl sites for hydroxylation is 1. The molecule has 0 aliphatic carbocycles. The number of hydrogen-bond donors (Lipinski definition) is 1. The lowest BCUT2D eigenvalue weighted by atomic mass is 10.2. The predicted molar refractivity (Wildman–Crippen MR) is 55.1 cm³/mol. The molecule has 6 heteroatoms. The Labute approximate surface area is 87.8 Å². The first-order valence-electron chi connectivity index (χ1n) is 4.33. The molecule has 0 atom stereocenters. The Balaban J connectivity index is 2.72. The van der Waals surface area contributed by atoms with Crippen molar-refractivity contribution in [2.24, 2.45) is 0 Å². The molecule has 1 aromatic rings. The van der Waals surface area contributed by atoms with E-state index in [1.165, 1.54) is 13.1 Å². The van der Waals surface area contributed by atoms with Gasteiger partial charge < -0.3 is 5.32 Å². The molecule has 1 aliphatic rings. The fourth-order valence-corrected chi connectivity index (χ4v) is 2.60. The van der Waals surface area contributed by atoms with E-state index >= 15 is 0 Å². The van der Waals surface area contributed by atoms with Crippen LogP contribution in [0.4, 0.5) is 10.5 Å². The molecular weight excluding hydrogens is 216 g/mol. The molecule has 0 aromatic heterocycles. The number of rotatable bonds is 0. The quantitative estimate of drug-likeness (QED) is 0.721. The number of nitrogens with one attached hydrogen (secondary N) is 1. The Morgan fingerprint density at radius 3 is 2.67 bits per heavy atom. The fraction of sp³-hybridized carbons (Fsp3) is 0.222. The van der Waals surface area contributed by atoms with Gasteiger partial charge in [-0.15, -0.1) is 0 Å². The van der Waals surface area contributed by atoms with Crippen LogP contribution in [0, 0.1) is 6.92 Å². The van der Waals surface area contributed by atoms with Crippen LogP contribution in [0.1, 0.15) is 5.56 Å². The van der Waals surface area contributed by atoms with Gasteiger partial charge >= 0.3 is 6.03 Å². The minimum Gasteiger partial charge on any atom is -0.306 e. The number of fused-ring (bicyclic) bond motifs is 1. The van der Waals surface area contributed by atoms with Gasteiger partial charge in [0, 0.05) is 7.05 Å². The molecule has 80 valence electrons. The molecule has 5 nitrogen and oxygen atoms in total. The second-order valence-electron chi connectivity index (χ2n) is 3.40.